The second-order valence-corrected chi connectivity index (χ2v) is 3.52. The molecule has 0 aliphatic carbocycles. The third-order valence-electron chi connectivity index (χ3n) is 1.02. The Morgan fingerprint density at radius 2 is 1.86 bits per heavy atom. The van der Waals surface area contributed by atoms with Gasteiger partial charge in [0.15, 0.2) is 0 Å². The van der Waals surface area contributed by atoms with E-state index in [9.17, 15) is 0 Å². The van der Waals surface area contributed by atoms with Gasteiger partial charge < -0.3 is 0 Å². The summed E-state index contributed by atoms with van der Waals surface area (Å²) in [6, 6.07) is 0. The van der Waals surface area contributed by atoms with E-state index in [1.807, 2.05) is 6.92 Å². The molecule has 0 saturated heterocycles. The summed E-state index contributed by atoms with van der Waals surface area (Å²) in [4.78, 5) is 0. The second kappa shape index (κ2) is 3.62. The lowest BCUT2D eigenvalue weighted by Crippen LogP contribution is -2.07. The van der Waals surface area contributed by atoms with Crippen molar-refractivity contribution in [3.63, 3.8) is 0 Å². The van der Waals surface area contributed by atoms with Crippen LogP contribution in [0.1, 0.15) is 13.8 Å². The van der Waals surface area contributed by atoms with E-state index in [4.69, 9.17) is 11.6 Å². The minimum absolute atomic E-state index is 0.301. The predicted octanol–water partition coefficient (Wildman–Crippen LogP) is 2.37. The first-order chi connectivity index (χ1) is 3.18. The van der Waals surface area contributed by atoms with Gasteiger partial charge in [-0.05, 0) is 13.2 Å². The first-order valence-electron chi connectivity index (χ1n) is 2.35. The zero-order chi connectivity index (χ0) is 5.86. The molecular weight excluding hydrogens is 128 g/mol. The number of hydrogen-bond donors (Lipinski definition) is 0. The summed E-state index contributed by atoms with van der Waals surface area (Å²) in [5.74, 6) is 0. The molecule has 0 N–H and O–H groups in total. The number of halogens is 1. The molecule has 0 bridgehead atoms. The predicted molar refractivity (Wildman–Crippen MR) is 38.3 cm³/mol. The van der Waals surface area contributed by atoms with Gasteiger partial charge in [0.1, 0.15) is 0 Å². The van der Waals surface area contributed by atoms with E-state index in [1.165, 1.54) is 0 Å². The Morgan fingerprint density at radius 3 is 1.86 bits per heavy atom. The number of hydrogen-bond acceptors (Lipinski definition) is 1. The molecule has 0 aliphatic heterocycles. The molecule has 0 saturated carbocycles. The fourth-order valence-electron chi connectivity index (χ4n) is 0.188. The van der Waals surface area contributed by atoms with E-state index >= 15 is 0 Å². The summed E-state index contributed by atoms with van der Waals surface area (Å²) in [5, 5.41) is 0.886. The lowest BCUT2D eigenvalue weighted by atomic mass is 10.4. The van der Waals surface area contributed by atoms with Crippen LogP contribution in [0.4, 0.5) is 0 Å². The van der Waals surface area contributed by atoms with Crippen LogP contribution in [0.5, 0.6) is 0 Å². The standard InChI is InChI=1S/C5H11ClS/c1-4(6)5(2)7-3/h4-5H,1-3H3. The average molecular weight is 139 g/mol. The Morgan fingerprint density at radius 1 is 1.43 bits per heavy atom. The molecule has 0 radical (unpaired) electrons. The molecule has 0 aromatic heterocycles. The minimum Gasteiger partial charge on any atom is -0.161 e. The van der Waals surface area contributed by atoms with Crippen molar-refractivity contribution in [2.75, 3.05) is 6.26 Å². The van der Waals surface area contributed by atoms with Gasteiger partial charge in [-0.25, -0.2) is 0 Å². The summed E-state index contributed by atoms with van der Waals surface area (Å²) in [6.07, 6.45) is 2.07. The van der Waals surface area contributed by atoms with Gasteiger partial charge in [-0.1, -0.05) is 6.92 Å². The van der Waals surface area contributed by atoms with Gasteiger partial charge in [0.05, 0.1) is 0 Å². The van der Waals surface area contributed by atoms with E-state index in [1.54, 1.807) is 11.8 Å². The zero-order valence-corrected chi connectivity index (χ0v) is 6.51. The lowest BCUT2D eigenvalue weighted by Gasteiger charge is -2.07. The number of rotatable bonds is 2. The zero-order valence-electron chi connectivity index (χ0n) is 4.94. The highest BCUT2D eigenvalue weighted by Crippen LogP contribution is 2.13. The smallest absolute Gasteiger partial charge is 0.0423 e. The van der Waals surface area contributed by atoms with Crippen molar-refractivity contribution in [2.24, 2.45) is 0 Å². The van der Waals surface area contributed by atoms with Crippen molar-refractivity contribution in [1.29, 1.82) is 0 Å². The van der Waals surface area contributed by atoms with Crippen LogP contribution in [0.15, 0.2) is 0 Å². The van der Waals surface area contributed by atoms with Crippen molar-refractivity contribution in [3.8, 4) is 0 Å². The maximum absolute atomic E-state index is 5.71. The molecule has 2 unspecified atom stereocenters. The molecule has 0 amide bonds. The van der Waals surface area contributed by atoms with Crippen LogP contribution >= 0.6 is 23.4 Å². The molecule has 0 spiro atoms. The number of alkyl halides is 1. The third kappa shape index (κ3) is 3.24. The Hall–Kier alpha value is 0.640. The summed E-state index contributed by atoms with van der Waals surface area (Å²) in [7, 11) is 0. The largest absolute Gasteiger partial charge is 0.161 e. The quantitative estimate of drug-likeness (QED) is 0.528. The van der Waals surface area contributed by atoms with Crippen molar-refractivity contribution >= 4 is 23.4 Å². The molecule has 0 rings (SSSR count). The van der Waals surface area contributed by atoms with E-state index in [-0.39, 0.29) is 0 Å². The van der Waals surface area contributed by atoms with Crippen molar-refractivity contribution in [2.45, 2.75) is 24.5 Å². The van der Waals surface area contributed by atoms with Crippen LogP contribution in [0.3, 0.4) is 0 Å². The minimum atomic E-state index is 0.301. The summed E-state index contributed by atoms with van der Waals surface area (Å²) >= 11 is 7.51. The fourth-order valence-corrected chi connectivity index (χ4v) is 0.871. The molecule has 0 nitrogen and oxygen atoms in total. The van der Waals surface area contributed by atoms with Crippen LogP contribution in [-0.2, 0) is 0 Å². The highest BCUT2D eigenvalue weighted by atomic mass is 35.5. The maximum atomic E-state index is 5.71. The van der Waals surface area contributed by atoms with Gasteiger partial charge in [-0.2, -0.15) is 11.8 Å². The first-order valence-corrected chi connectivity index (χ1v) is 4.07. The molecule has 0 fully saturated rings. The third-order valence-corrected chi connectivity index (χ3v) is 2.70. The summed E-state index contributed by atoms with van der Waals surface area (Å²) in [6.45, 7) is 4.14. The molecule has 0 aromatic rings. The number of thioether (sulfide) groups is 1. The van der Waals surface area contributed by atoms with Gasteiger partial charge in [-0.15, -0.1) is 11.6 Å². The summed E-state index contributed by atoms with van der Waals surface area (Å²) < 4.78 is 0. The molecular formula is C5H11ClS. The lowest BCUT2D eigenvalue weighted by molar-refractivity contribution is 0.918. The van der Waals surface area contributed by atoms with Crippen LogP contribution in [-0.4, -0.2) is 16.9 Å². The highest BCUT2D eigenvalue weighted by molar-refractivity contribution is 7.99. The SMILES string of the molecule is CSC(C)C(C)Cl. The molecule has 44 valence electrons. The van der Waals surface area contributed by atoms with Gasteiger partial charge in [0.2, 0.25) is 0 Å². The molecule has 0 heterocycles. The Balaban J connectivity index is 3.14. The van der Waals surface area contributed by atoms with Crippen LogP contribution in [0, 0.1) is 0 Å². The van der Waals surface area contributed by atoms with Crippen LogP contribution in [0.25, 0.3) is 0 Å². The first kappa shape index (κ1) is 7.64. The second-order valence-electron chi connectivity index (χ2n) is 1.62. The molecule has 0 aromatic carbocycles. The monoisotopic (exact) mass is 138 g/mol. The average Bonchev–Trinajstić information content (AvgIpc) is 1.65. The van der Waals surface area contributed by atoms with E-state index in [0.29, 0.717) is 10.6 Å². The van der Waals surface area contributed by atoms with Gasteiger partial charge >= 0.3 is 0 Å². The summed E-state index contributed by atoms with van der Waals surface area (Å²) in [5.41, 5.74) is 0. The Labute approximate surface area is 54.6 Å². The Bertz CT molecular complexity index is 45.3. The van der Waals surface area contributed by atoms with Crippen LogP contribution in [0.2, 0.25) is 0 Å². The normalized spacial score (nSPS) is 18.9. The maximum Gasteiger partial charge on any atom is 0.0423 e. The van der Waals surface area contributed by atoms with Crippen molar-refractivity contribution < 1.29 is 0 Å². The highest BCUT2D eigenvalue weighted by Gasteiger charge is 2.04. The van der Waals surface area contributed by atoms with Crippen LogP contribution < -0.4 is 0 Å². The van der Waals surface area contributed by atoms with E-state index < -0.39 is 0 Å². The molecule has 0 aliphatic rings. The van der Waals surface area contributed by atoms with Crippen molar-refractivity contribution in [3.05, 3.63) is 0 Å². The van der Waals surface area contributed by atoms with Gasteiger partial charge in [-0.3, -0.25) is 0 Å². The topological polar surface area (TPSA) is 0 Å². The van der Waals surface area contributed by atoms with Crippen molar-refractivity contribution in [1.82, 2.24) is 0 Å². The van der Waals surface area contributed by atoms with Gasteiger partial charge in [0, 0.05) is 10.6 Å². The molecule has 7 heavy (non-hydrogen) atoms. The van der Waals surface area contributed by atoms with E-state index in [2.05, 4.69) is 13.2 Å². The Kier molecular flexibility index (Phi) is 3.95. The van der Waals surface area contributed by atoms with Gasteiger partial charge in [0.25, 0.3) is 0 Å². The van der Waals surface area contributed by atoms with E-state index in [0.717, 1.165) is 0 Å². The molecule has 2 atom stereocenters. The fraction of sp³-hybridized carbons (Fsp3) is 1.00. The molecule has 2 heteroatoms.